The van der Waals surface area contributed by atoms with Crippen molar-refractivity contribution in [1.29, 1.82) is 0 Å². The standard InChI is InChI=1S/C23H27N7/c1-4-6-21-24-22(13-16(2)3)30(27-21)15-17-9-11-18(12-10-17)19-7-5-8-20(14-19)23-25-28-29-26-23/h5,7-12,14,16H,4,6,13,15H2,1-3H3,(H,25,26,28,29). The van der Waals surface area contributed by atoms with E-state index < -0.39 is 0 Å². The molecule has 0 atom stereocenters. The van der Waals surface area contributed by atoms with E-state index in [4.69, 9.17) is 10.1 Å². The van der Waals surface area contributed by atoms with Gasteiger partial charge in [-0.3, -0.25) is 0 Å². The lowest BCUT2D eigenvalue weighted by atomic mass is 10.0. The maximum absolute atomic E-state index is 4.77. The number of tetrazole rings is 1. The first-order valence-electron chi connectivity index (χ1n) is 10.5. The largest absolute Gasteiger partial charge is 0.245 e. The number of rotatable bonds is 8. The summed E-state index contributed by atoms with van der Waals surface area (Å²) in [5.74, 6) is 3.17. The Morgan fingerprint density at radius 1 is 1.00 bits per heavy atom. The van der Waals surface area contributed by atoms with Crippen LogP contribution in [0.3, 0.4) is 0 Å². The van der Waals surface area contributed by atoms with E-state index in [0.29, 0.717) is 11.7 Å². The molecule has 154 valence electrons. The predicted octanol–water partition coefficient (Wildman–Crippen LogP) is 4.32. The predicted molar refractivity (Wildman–Crippen MR) is 117 cm³/mol. The number of H-pyrrole nitrogens is 1. The average molecular weight is 402 g/mol. The van der Waals surface area contributed by atoms with Crippen molar-refractivity contribution in [2.75, 3.05) is 0 Å². The Bertz CT molecular complexity index is 1080. The lowest BCUT2D eigenvalue weighted by molar-refractivity contribution is 0.562. The number of benzene rings is 2. The van der Waals surface area contributed by atoms with Gasteiger partial charge in [-0.2, -0.15) is 10.3 Å². The second-order valence-electron chi connectivity index (χ2n) is 7.96. The van der Waals surface area contributed by atoms with Crippen molar-refractivity contribution in [2.45, 2.75) is 46.6 Å². The van der Waals surface area contributed by atoms with Gasteiger partial charge in [-0.1, -0.05) is 63.2 Å². The van der Waals surface area contributed by atoms with Crippen molar-refractivity contribution in [3.05, 3.63) is 65.7 Å². The van der Waals surface area contributed by atoms with Crippen molar-refractivity contribution in [1.82, 2.24) is 35.4 Å². The summed E-state index contributed by atoms with van der Waals surface area (Å²) in [6.07, 6.45) is 2.92. The third kappa shape index (κ3) is 4.62. The fourth-order valence-corrected chi connectivity index (χ4v) is 3.50. The van der Waals surface area contributed by atoms with Gasteiger partial charge in [0.1, 0.15) is 5.82 Å². The van der Waals surface area contributed by atoms with Crippen molar-refractivity contribution < 1.29 is 0 Å². The van der Waals surface area contributed by atoms with E-state index in [1.165, 1.54) is 5.56 Å². The molecule has 0 radical (unpaired) electrons. The van der Waals surface area contributed by atoms with Crippen molar-refractivity contribution >= 4 is 0 Å². The molecule has 7 nitrogen and oxygen atoms in total. The summed E-state index contributed by atoms with van der Waals surface area (Å²) in [6.45, 7) is 7.34. The van der Waals surface area contributed by atoms with Crippen LogP contribution in [0.4, 0.5) is 0 Å². The van der Waals surface area contributed by atoms with Crippen molar-refractivity contribution in [3.63, 3.8) is 0 Å². The quantitative estimate of drug-likeness (QED) is 0.475. The van der Waals surface area contributed by atoms with E-state index in [0.717, 1.165) is 54.1 Å². The first kappa shape index (κ1) is 19.9. The van der Waals surface area contributed by atoms with Crippen molar-refractivity contribution in [2.24, 2.45) is 5.92 Å². The zero-order chi connectivity index (χ0) is 20.9. The van der Waals surface area contributed by atoms with Crippen LogP contribution in [0, 0.1) is 5.92 Å². The second kappa shape index (κ2) is 8.98. The molecule has 30 heavy (non-hydrogen) atoms. The van der Waals surface area contributed by atoms with Gasteiger partial charge in [0.05, 0.1) is 6.54 Å². The minimum atomic E-state index is 0.552. The molecule has 0 spiro atoms. The molecule has 0 bridgehead atoms. The average Bonchev–Trinajstić information content (AvgIpc) is 3.39. The summed E-state index contributed by atoms with van der Waals surface area (Å²) in [4.78, 5) is 4.77. The van der Waals surface area contributed by atoms with Gasteiger partial charge >= 0.3 is 0 Å². The highest BCUT2D eigenvalue weighted by atomic mass is 15.5. The smallest absolute Gasteiger partial charge is 0.204 e. The molecule has 0 saturated carbocycles. The van der Waals surface area contributed by atoms with Crippen LogP contribution in [-0.2, 0) is 19.4 Å². The van der Waals surface area contributed by atoms with Gasteiger partial charge in [0.15, 0.2) is 5.82 Å². The molecule has 0 fully saturated rings. The van der Waals surface area contributed by atoms with E-state index in [9.17, 15) is 0 Å². The van der Waals surface area contributed by atoms with Gasteiger partial charge in [-0.25, -0.2) is 9.67 Å². The van der Waals surface area contributed by atoms with Crippen molar-refractivity contribution in [3.8, 4) is 22.5 Å². The Morgan fingerprint density at radius 3 is 2.50 bits per heavy atom. The Morgan fingerprint density at radius 2 is 1.80 bits per heavy atom. The van der Waals surface area contributed by atoms with Crippen LogP contribution >= 0.6 is 0 Å². The highest BCUT2D eigenvalue weighted by Crippen LogP contribution is 2.24. The van der Waals surface area contributed by atoms with E-state index in [2.05, 4.69) is 82.5 Å². The van der Waals surface area contributed by atoms with Crippen LogP contribution in [0.2, 0.25) is 0 Å². The summed E-state index contributed by atoms with van der Waals surface area (Å²) in [7, 11) is 0. The normalized spacial score (nSPS) is 11.3. The van der Waals surface area contributed by atoms with Crippen LogP contribution in [0.25, 0.3) is 22.5 Å². The Labute approximate surface area is 176 Å². The van der Waals surface area contributed by atoms with Gasteiger partial charge < -0.3 is 0 Å². The first-order chi connectivity index (χ1) is 14.6. The third-order valence-electron chi connectivity index (χ3n) is 4.94. The number of aryl methyl sites for hydroxylation is 1. The molecular weight excluding hydrogens is 374 g/mol. The number of nitrogens with zero attached hydrogens (tertiary/aromatic N) is 6. The van der Waals surface area contributed by atoms with Crippen LogP contribution in [-0.4, -0.2) is 35.4 Å². The molecule has 0 aliphatic carbocycles. The summed E-state index contributed by atoms with van der Waals surface area (Å²) < 4.78 is 2.07. The van der Waals surface area contributed by atoms with E-state index in [1.54, 1.807) is 0 Å². The Hall–Kier alpha value is -3.35. The molecule has 0 aliphatic heterocycles. The third-order valence-corrected chi connectivity index (χ3v) is 4.94. The Kier molecular flexibility index (Phi) is 5.97. The van der Waals surface area contributed by atoms with E-state index >= 15 is 0 Å². The summed E-state index contributed by atoms with van der Waals surface area (Å²) >= 11 is 0. The maximum atomic E-state index is 4.77. The summed E-state index contributed by atoms with van der Waals surface area (Å²) in [5, 5.41) is 19.0. The molecular formula is C23H27N7. The van der Waals surface area contributed by atoms with Crippen LogP contribution in [0.5, 0.6) is 0 Å². The minimum Gasteiger partial charge on any atom is -0.245 e. The monoisotopic (exact) mass is 401 g/mol. The summed E-state index contributed by atoms with van der Waals surface area (Å²) in [6, 6.07) is 16.8. The van der Waals surface area contributed by atoms with Crippen LogP contribution in [0.15, 0.2) is 48.5 Å². The lowest BCUT2D eigenvalue weighted by Gasteiger charge is -2.09. The first-order valence-corrected chi connectivity index (χ1v) is 10.5. The molecule has 0 saturated heterocycles. The van der Waals surface area contributed by atoms with E-state index in [-0.39, 0.29) is 0 Å². The van der Waals surface area contributed by atoms with Gasteiger partial charge in [-0.05, 0) is 40.3 Å². The number of aromatic amines is 1. The molecule has 7 heteroatoms. The highest BCUT2D eigenvalue weighted by Gasteiger charge is 2.12. The maximum Gasteiger partial charge on any atom is 0.204 e. The molecule has 2 aromatic carbocycles. The molecule has 2 aromatic heterocycles. The SMILES string of the molecule is CCCc1nc(CC(C)C)n(Cc2ccc(-c3cccc(-c4nn[nH]n4)c3)cc2)n1. The van der Waals surface area contributed by atoms with Crippen LogP contribution in [0.1, 0.15) is 44.4 Å². The molecule has 2 heterocycles. The highest BCUT2D eigenvalue weighted by molar-refractivity contribution is 5.70. The zero-order valence-corrected chi connectivity index (χ0v) is 17.7. The molecule has 4 rings (SSSR count). The fraction of sp³-hybridized carbons (Fsp3) is 0.348. The zero-order valence-electron chi connectivity index (χ0n) is 17.7. The lowest BCUT2D eigenvalue weighted by Crippen LogP contribution is -2.09. The topological polar surface area (TPSA) is 85.2 Å². The molecule has 0 aliphatic rings. The molecule has 0 amide bonds. The number of hydrogen-bond acceptors (Lipinski definition) is 5. The van der Waals surface area contributed by atoms with Gasteiger partial charge in [0, 0.05) is 18.4 Å². The number of hydrogen-bond donors (Lipinski definition) is 1. The minimum absolute atomic E-state index is 0.552. The Balaban J connectivity index is 1.54. The van der Waals surface area contributed by atoms with Gasteiger partial charge in [0.25, 0.3) is 0 Å². The number of aromatic nitrogens is 7. The van der Waals surface area contributed by atoms with Gasteiger partial charge in [-0.15, -0.1) is 10.2 Å². The molecule has 1 N–H and O–H groups in total. The second-order valence-corrected chi connectivity index (χ2v) is 7.96. The van der Waals surface area contributed by atoms with E-state index in [1.807, 2.05) is 12.1 Å². The fourth-order valence-electron chi connectivity index (χ4n) is 3.50. The summed E-state index contributed by atoms with van der Waals surface area (Å²) in [5.41, 5.74) is 4.42. The number of nitrogens with one attached hydrogen (secondary N) is 1. The molecule has 0 unspecified atom stereocenters. The van der Waals surface area contributed by atoms with Crippen LogP contribution < -0.4 is 0 Å². The molecule has 4 aromatic rings. The van der Waals surface area contributed by atoms with Gasteiger partial charge in [0.2, 0.25) is 5.82 Å².